The molecule has 0 aromatic heterocycles. The Bertz CT molecular complexity index is 1280. The Hall–Kier alpha value is -4.56. The van der Waals surface area contributed by atoms with Crippen LogP contribution in [0.4, 0.5) is 28.4 Å². The van der Waals surface area contributed by atoms with Gasteiger partial charge >= 0.3 is 18.4 Å². The van der Waals surface area contributed by atoms with E-state index in [9.17, 15) is 22.8 Å². The number of carbonyl (C=O) groups is 2. The summed E-state index contributed by atoms with van der Waals surface area (Å²) in [5.74, 6) is -0.505. The molecular formula is C27H33F3N8O3. The Balaban J connectivity index is 1.56. The first kappa shape index (κ1) is 31.0. The van der Waals surface area contributed by atoms with Crippen LogP contribution in [0, 0.1) is 0 Å². The number of anilines is 1. The van der Waals surface area contributed by atoms with Gasteiger partial charge in [-0.2, -0.15) is 0 Å². The molecule has 4 amide bonds. The van der Waals surface area contributed by atoms with Crippen LogP contribution in [0.5, 0.6) is 5.75 Å². The molecular weight excluding hydrogens is 541 g/mol. The summed E-state index contributed by atoms with van der Waals surface area (Å²) in [5, 5.41) is 10.2. The number of aliphatic imine (C=N–C) groups is 1. The van der Waals surface area contributed by atoms with Crippen molar-refractivity contribution < 1.29 is 27.5 Å². The maximum atomic E-state index is 12.6. The number of halogens is 3. The van der Waals surface area contributed by atoms with E-state index in [1.807, 2.05) is 24.3 Å². The molecule has 0 bridgehead atoms. The van der Waals surface area contributed by atoms with Crippen LogP contribution in [0.1, 0.15) is 24.0 Å². The van der Waals surface area contributed by atoms with Gasteiger partial charge in [0.05, 0.1) is 11.4 Å². The van der Waals surface area contributed by atoms with Crippen molar-refractivity contribution in [1.29, 1.82) is 0 Å². The summed E-state index contributed by atoms with van der Waals surface area (Å²) in [6.45, 7) is 7.32. The summed E-state index contributed by atoms with van der Waals surface area (Å²) in [6, 6.07) is 11.6. The Morgan fingerprint density at radius 1 is 1.05 bits per heavy atom. The highest BCUT2D eigenvalue weighted by atomic mass is 19.4. The fourth-order valence-electron chi connectivity index (χ4n) is 3.96. The number of allylic oxidation sites excluding steroid dienone is 1. The number of primary amides is 1. The zero-order chi connectivity index (χ0) is 29.8. The summed E-state index contributed by atoms with van der Waals surface area (Å²) in [4.78, 5) is 29.8. The van der Waals surface area contributed by atoms with Crippen LogP contribution in [-0.4, -0.2) is 55.5 Å². The van der Waals surface area contributed by atoms with Gasteiger partial charge in [0.1, 0.15) is 0 Å². The molecule has 0 unspecified atom stereocenters. The van der Waals surface area contributed by atoms with Gasteiger partial charge in [-0.1, -0.05) is 43.0 Å². The number of nitrogens with two attached hydrogens (primary N) is 2. The number of rotatable bonds is 12. The molecule has 220 valence electrons. The number of urea groups is 2. The highest BCUT2D eigenvalue weighted by Crippen LogP contribution is 2.30. The second kappa shape index (κ2) is 14.7. The first-order valence-corrected chi connectivity index (χ1v) is 12.8. The molecule has 1 aliphatic heterocycles. The van der Waals surface area contributed by atoms with Crippen molar-refractivity contribution in [2.75, 3.05) is 31.5 Å². The van der Waals surface area contributed by atoms with E-state index in [0.717, 1.165) is 43.1 Å². The highest BCUT2D eigenvalue weighted by Gasteiger charge is 2.32. The minimum Gasteiger partial charge on any atom is -0.404 e. The average Bonchev–Trinajstić information content (AvgIpc) is 2.90. The van der Waals surface area contributed by atoms with E-state index >= 15 is 0 Å². The van der Waals surface area contributed by atoms with Gasteiger partial charge in [-0.05, 0) is 49.2 Å². The van der Waals surface area contributed by atoms with Crippen LogP contribution in [-0.2, 0) is 6.54 Å². The van der Waals surface area contributed by atoms with Gasteiger partial charge < -0.3 is 32.2 Å². The second-order valence-electron chi connectivity index (χ2n) is 8.99. The van der Waals surface area contributed by atoms with Crippen molar-refractivity contribution in [2.45, 2.75) is 25.7 Å². The Kier molecular flexibility index (Phi) is 11.1. The molecule has 0 spiro atoms. The molecule has 1 aliphatic rings. The van der Waals surface area contributed by atoms with Crippen molar-refractivity contribution in [3.63, 3.8) is 0 Å². The van der Waals surface area contributed by atoms with Gasteiger partial charge in [0.25, 0.3) is 0 Å². The molecule has 0 saturated carbocycles. The topological polar surface area (TPSA) is 159 Å². The lowest BCUT2D eigenvalue weighted by Gasteiger charge is -2.22. The molecule has 8 N–H and O–H groups in total. The lowest BCUT2D eigenvalue weighted by Crippen LogP contribution is -2.42. The Morgan fingerprint density at radius 3 is 2.41 bits per heavy atom. The second-order valence-corrected chi connectivity index (χ2v) is 8.99. The molecule has 14 heteroatoms. The van der Waals surface area contributed by atoms with Crippen LogP contribution < -0.4 is 37.5 Å². The van der Waals surface area contributed by atoms with E-state index in [0.29, 0.717) is 30.9 Å². The third-order valence-electron chi connectivity index (χ3n) is 5.80. The number of hydrogen-bond acceptors (Lipinski definition) is 7. The van der Waals surface area contributed by atoms with E-state index < -0.39 is 24.2 Å². The van der Waals surface area contributed by atoms with Crippen molar-refractivity contribution >= 4 is 29.3 Å². The van der Waals surface area contributed by atoms with Crippen molar-refractivity contribution in [1.82, 2.24) is 20.9 Å². The van der Waals surface area contributed by atoms with Crippen LogP contribution in [0.25, 0.3) is 5.57 Å². The molecule has 11 nitrogen and oxygen atoms in total. The molecule has 0 atom stereocenters. The number of para-hydroxylation sites is 2. The predicted octanol–water partition coefficient (Wildman–Crippen LogP) is 3.43. The van der Waals surface area contributed by atoms with Gasteiger partial charge in [-0.15, -0.1) is 13.2 Å². The highest BCUT2D eigenvalue weighted by molar-refractivity contribution is 6.05. The molecule has 1 heterocycles. The van der Waals surface area contributed by atoms with Gasteiger partial charge in [0.2, 0.25) is 5.96 Å². The van der Waals surface area contributed by atoms with Gasteiger partial charge in [-0.25, -0.2) is 14.6 Å². The molecule has 0 radical (unpaired) electrons. The number of ether oxygens (including phenoxy) is 1. The quantitative estimate of drug-likeness (QED) is 0.213. The molecule has 0 aliphatic carbocycles. The van der Waals surface area contributed by atoms with E-state index in [2.05, 4.69) is 42.5 Å². The summed E-state index contributed by atoms with van der Waals surface area (Å²) >= 11 is 0. The standard InChI is InChI=1S/C27H33F3N8O3/c1-18-21(20-10-8-19(9-11-20)17-38(14-4-12-31)15-5-13-33-24(32)39)16-34-25(35-18)37-26(40)36-22-6-2-3-7-23(22)41-27(28,29)30/h2-3,6-11,16H,1,4-5,12-15,17,31H2,(H3,32,33,39)(H3,34,35,36,37,40). The number of hydrogen-bond donors (Lipinski definition) is 6. The van der Waals surface area contributed by atoms with E-state index in [-0.39, 0.29) is 11.6 Å². The lowest BCUT2D eigenvalue weighted by atomic mass is 10.0. The largest absolute Gasteiger partial charge is 0.573 e. The fraction of sp³-hybridized carbons (Fsp3) is 0.296. The van der Waals surface area contributed by atoms with E-state index in [1.165, 1.54) is 18.2 Å². The number of benzene rings is 2. The first-order valence-electron chi connectivity index (χ1n) is 12.8. The Labute approximate surface area is 235 Å². The maximum Gasteiger partial charge on any atom is 0.573 e. The number of carbonyl (C=O) groups excluding carboxylic acids is 2. The lowest BCUT2D eigenvalue weighted by molar-refractivity contribution is -0.274. The number of guanidine groups is 1. The van der Waals surface area contributed by atoms with Crippen LogP contribution in [0.15, 0.2) is 72.0 Å². The maximum absolute atomic E-state index is 12.6. The monoisotopic (exact) mass is 574 g/mol. The van der Waals surface area contributed by atoms with Crippen LogP contribution in [0.2, 0.25) is 0 Å². The normalized spacial score (nSPS) is 13.1. The molecule has 2 aromatic carbocycles. The Morgan fingerprint density at radius 2 is 1.76 bits per heavy atom. The van der Waals surface area contributed by atoms with Crippen LogP contribution >= 0.6 is 0 Å². The minimum absolute atomic E-state index is 0.0449. The number of nitrogens with one attached hydrogen (secondary N) is 4. The third kappa shape index (κ3) is 10.5. The number of alkyl halides is 3. The molecule has 0 fully saturated rings. The van der Waals surface area contributed by atoms with Crippen LogP contribution in [0.3, 0.4) is 0 Å². The zero-order valence-corrected chi connectivity index (χ0v) is 22.3. The SMILES string of the molecule is C=C1N=C(NC(=O)Nc2ccccc2OC(F)(F)F)NC=C1c1ccc(CN(CCCN)CCCNC(N)=O)cc1. The molecule has 2 aromatic rings. The van der Waals surface area contributed by atoms with Crippen molar-refractivity contribution in [3.8, 4) is 5.75 Å². The molecule has 0 saturated heterocycles. The van der Waals surface area contributed by atoms with E-state index in [4.69, 9.17) is 11.5 Å². The van der Waals surface area contributed by atoms with Gasteiger partial charge in [0, 0.05) is 31.4 Å². The summed E-state index contributed by atoms with van der Waals surface area (Å²) in [7, 11) is 0. The predicted molar refractivity (Wildman–Crippen MR) is 151 cm³/mol. The van der Waals surface area contributed by atoms with E-state index in [1.54, 1.807) is 6.20 Å². The molecule has 3 rings (SSSR count). The van der Waals surface area contributed by atoms with Gasteiger partial charge in [0.15, 0.2) is 5.75 Å². The van der Waals surface area contributed by atoms with Crippen molar-refractivity contribution in [2.24, 2.45) is 16.5 Å². The molecule has 41 heavy (non-hydrogen) atoms. The first-order chi connectivity index (χ1) is 19.5. The van der Waals surface area contributed by atoms with Gasteiger partial charge in [-0.3, -0.25) is 10.2 Å². The zero-order valence-electron chi connectivity index (χ0n) is 22.3. The fourth-order valence-corrected chi connectivity index (χ4v) is 3.96. The smallest absolute Gasteiger partial charge is 0.404 e. The summed E-state index contributed by atoms with van der Waals surface area (Å²) in [5.41, 5.74) is 13.6. The number of amides is 4. The van der Waals surface area contributed by atoms with Crippen molar-refractivity contribution in [3.05, 3.63) is 78.1 Å². The third-order valence-corrected chi connectivity index (χ3v) is 5.80. The average molecular weight is 575 g/mol. The summed E-state index contributed by atoms with van der Waals surface area (Å²) < 4.78 is 41.9. The number of nitrogens with zero attached hydrogens (tertiary/aromatic N) is 2. The summed E-state index contributed by atoms with van der Waals surface area (Å²) in [6.07, 6.45) is -1.68. The minimum atomic E-state index is -4.91.